The molecule has 1 aliphatic carbocycles. The monoisotopic (exact) mass is 279 g/mol. The van der Waals surface area contributed by atoms with Gasteiger partial charge in [0.2, 0.25) is 11.7 Å². The summed E-state index contributed by atoms with van der Waals surface area (Å²) in [5, 5.41) is 4.12. The Morgan fingerprint density at radius 1 is 1.30 bits per heavy atom. The third-order valence-corrected chi connectivity index (χ3v) is 4.83. The lowest BCUT2D eigenvalue weighted by Crippen LogP contribution is -2.32. The average Bonchev–Trinajstić information content (AvgIpc) is 3.11. The quantitative estimate of drug-likeness (QED) is 0.916. The maximum absolute atomic E-state index is 6.27. The molecule has 5 heteroatoms. The van der Waals surface area contributed by atoms with Crippen molar-refractivity contribution in [3.05, 3.63) is 11.7 Å². The Morgan fingerprint density at radius 2 is 2.10 bits per heavy atom. The first-order valence-corrected chi connectivity index (χ1v) is 7.90. The molecule has 0 spiro atoms. The van der Waals surface area contributed by atoms with Crippen LogP contribution in [0.3, 0.4) is 0 Å². The Balaban J connectivity index is 1.64. The van der Waals surface area contributed by atoms with Crippen molar-refractivity contribution >= 4 is 0 Å². The van der Waals surface area contributed by atoms with Gasteiger partial charge in [0.05, 0.1) is 0 Å². The molecule has 0 bridgehead atoms. The van der Waals surface area contributed by atoms with Crippen LogP contribution in [0.5, 0.6) is 0 Å². The molecule has 2 N–H and O–H groups in total. The number of nitrogens with two attached hydrogens (primary N) is 1. The van der Waals surface area contributed by atoms with Crippen molar-refractivity contribution in [3.63, 3.8) is 0 Å². The summed E-state index contributed by atoms with van der Waals surface area (Å²) < 4.78 is 11.2. The van der Waals surface area contributed by atoms with Crippen LogP contribution in [0.1, 0.15) is 63.6 Å². The summed E-state index contributed by atoms with van der Waals surface area (Å²) in [5.74, 6) is 1.97. The van der Waals surface area contributed by atoms with Gasteiger partial charge in [-0.1, -0.05) is 18.0 Å². The van der Waals surface area contributed by atoms with E-state index in [0.717, 1.165) is 25.9 Å². The van der Waals surface area contributed by atoms with Crippen molar-refractivity contribution in [2.75, 3.05) is 6.61 Å². The second kappa shape index (κ2) is 5.82. The van der Waals surface area contributed by atoms with Gasteiger partial charge in [-0.25, -0.2) is 0 Å². The minimum absolute atomic E-state index is 0.144. The summed E-state index contributed by atoms with van der Waals surface area (Å²) in [5.41, 5.74) is 5.90. The normalized spacial score (nSPS) is 29.7. The molecular weight excluding hydrogens is 254 g/mol. The maximum Gasteiger partial charge on any atom is 0.228 e. The van der Waals surface area contributed by atoms with Crippen molar-refractivity contribution in [2.24, 2.45) is 11.7 Å². The molecule has 2 heterocycles. The lowest BCUT2D eigenvalue weighted by Gasteiger charge is -2.30. The molecule has 20 heavy (non-hydrogen) atoms. The molecule has 0 aromatic carbocycles. The zero-order valence-corrected chi connectivity index (χ0v) is 12.3. The van der Waals surface area contributed by atoms with Crippen LogP contribution < -0.4 is 5.73 Å². The van der Waals surface area contributed by atoms with Crippen molar-refractivity contribution in [3.8, 4) is 0 Å². The molecule has 2 atom stereocenters. The minimum Gasteiger partial charge on any atom is -0.367 e. The highest BCUT2D eigenvalue weighted by Crippen LogP contribution is 2.33. The van der Waals surface area contributed by atoms with E-state index in [4.69, 9.17) is 15.0 Å². The Morgan fingerprint density at radius 3 is 2.80 bits per heavy atom. The predicted molar refractivity (Wildman–Crippen MR) is 75.1 cm³/mol. The van der Waals surface area contributed by atoms with Crippen molar-refractivity contribution in [1.29, 1.82) is 0 Å². The van der Waals surface area contributed by atoms with Gasteiger partial charge in [-0.05, 0) is 44.9 Å². The van der Waals surface area contributed by atoms with Crippen molar-refractivity contribution in [1.82, 2.24) is 10.1 Å². The fourth-order valence-electron chi connectivity index (χ4n) is 3.42. The van der Waals surface area contributed by atoms with Gasteiger partial charge in [-0.15, -0.1) is 0 Å². The van der Waals surface area contributed by atoms with Crippen LogP contribution in [0.2, 0.25) is 0 Å². The van der Waals surface area contributed by atoms with E-state index < -0.39 is 0 Å². The number of ether oxygens (including phenoxy) is 1. The summed E-state index contributed by atoms with van der Waals surface area (Å²) in [7, 11) is 0. The standard InChI is InChI=1S/C15H25N3O2/c1-15(8-4-5-9-19-15)14-17-13(20-18-14)10-12(16)11-6-2-3-7-11/h11-12H,2-10,16H2,1H3. The fourth-order valence-corrected chi connectivity index (χ4v) is 3.42. The number of hydrogen-bond acceptors (Lipinski definition) is 5. The first kappa shape index (κ1) is 14.0. The van der Waals surface area contributed by atoms with Crippen molar-refractivity contribution in [2.45, 2.75) is 69.9 Å². The van der Waals surface area contributed by atoms with Gasteiger partial charge in [0.25, 0.3) is 0 Å². The van der Waals surface area contributed by atoms with Crippen LogP contribution in [0, 0.1) is 5.92 Å². The smallest absolute Gasteiger partial charge is 0.228 e. The summed E-state index contributed by atoms with van der Waals surface area (Å²) in [6.07, 6.45) is 9.01. The highest BCUT2D eigenvalue weighted by atomic mass is 16.5. The van der Waals surface area contributed by atoms with Gasteiger partial charge in [-0.3, -0.25) is 0 Å². The third-order valence-electron chi connectivity index (χ3n) is 4.83. The van der Waals surface area contributed by atoms with E-state index >= 15 is 0 Å². The third kappa shape index (κ3) is 2.88. The SMILES string of the molecule is CC1(c2noc(CC(N)C3CCCC3)n2)CCCCO1. The maximum atomic E-state index is 6.27. The second-order valence-corrected chi connectivity index (χ2v) is 6.46. The summed E-state index contributed by atoms with van der Waals surface area (Å²) in [6, 6.07) is 0.144. The first-order chi connectivity index (χ1) is 9.67. The van der Waals surface area contributed by atoms with E-state index in [2.05, 4.69) is 17.1 Å². The first-order valence-electron chi connectivity index (χ1n) is 7.90. The lowest BCUT2D eigenvalue weighted by molar-refractivity contribution is -0.0770. The summed E-state index contributed by atoms with van der Waals surface area (Å²) in [4.78, 5) is 4.53. The molecule has 0 amide bonds. The van der Waals surface area contributed by atoms with E-state index in [1.165, 1.54) is 25.7 Å². The molecule has 2 aliphatic rings. The highest BCUT2D eigenvalue weighted by Gasteiger charge is 2.35. The van der Waals surface area contributed by atoms with Crippen molar-refractivity contribution < 1.29 is 9.26 Å². The zero-order chi connectivity index (χ0) is 14.0. The molecule has 1 saturated heterocycles. The molecule has 1 saturated carbocycles. The molecule has 112 valence electrons. The van der Waals surface area contributed by atoms with E-state index in [1.807, 2.05) is 0 Å². The molecular formula is C15H25N3O2. The Bertz CT molecular complexity index is 434. The molecule has 2 unspecified atom stereocenters. The van der Waals surface area contributed by atoms with Crippen LogP contribution in [0.15, 0.2) is 4.52 Å². The Kier molecular flexibility index (Phi) is 4.08. The van der Waals surface area contributed by atoms with E-state index in [-0.39, 0.29) is 11.6 Å². The summed E-state index contributed by atoms with van der Waals surface area (Å²) >= 11 is 0. The summed E-state index contributed by atoms with van der Waals surface area (Å²) in [6.45, 7) is 2.83. The number of rotatable bonds is 4. The van der Waals surface area contributed by atoms with Crippen LogP contribution in [0.25, 0.3) is 0 Å². The van der Waals surface area contributed by atoms with E-state index in [0.29, 0.717) is 24.1 Å². The molecule has 5 nitrogen and oxygen atoms in total. The van der Waals surface area contributed by atoms with Gasteiger partial charge in [-0.2, -0.15) is 4.98 Å². The lowest BCUT2D eigenvalue weighted by atomic mass is 9.95. The van der Waals surface area contributed by atoms with Crippen LogP contribution in [-0.2, 0) is 16.8 Å². The zero-order valence-electron chi connectivity index (χ0n) is 12.3. The second-order valence-electron chi connectivity index (χ2n) is 6.46. The van der Waals surface area contributed by atoms with Crippen LogP contribution in [-0.4, -0.2) is 22.8 Å². The number of hydrogen-bond donors (Lipinski definition) is 1. The molecule has 1 aromatic rings. The predicted octanol–water partition coefficient (Wildman–Crippen LogP) is 2.55. The largest absolute Gasteiger partial charge is 0.367 e. The topological polar surface area (TPSA) is 74.2 Å². The molecule has 1 aliphatic heterocycles. The Labute approximate surface area is 120 Å². The number of nitrogens with zero attached hydrogens (tertiary/aromatic N) is 2. The van der Waals surface area contributed by atoms with Gasteiger partial charge >= 0.3 is 0 Å². The molecule has 1 aromatic heterocycles. The minimum atomic E-state index is -0.378. The van der Waals surface area contributed by atoms with Crippen LogP contribution in [0.4, 0.5) is 0 Å². The number of aromatic nitrogens is 2. The van der Waals surface area contributed by atoms with Crippen LogP contribution >= 0.6 is 0 Å². The van der Waals surface area contributed by atoms with E-state index in [1.54, 1.807) is 0 Å². The molecule has 2 fully saturated rings. The van der Waals surface area contributed by atoms with E-state index in [9.17, 15) is 0 Å². The molecule has 0 radical (unpaired) electrons. The molecule has 3 rings (SSSR count). The van der Waals surface area contributed by atoms with Gasteiger partial charge in [0.1, 0.15) is 5.60 Å². The average molecular weight is 279 g/mol. The Hall–Kier alpha value is -0.940. The highest BCUT2D eigenvalue weighted by molar-refractivity contribution is 5.01. The fraction of sp³-hybridized carbons (Fsp3) is 0.867. The van der Waals surface area contributed by atoms with Gasteiger partial charge in [0.15, 0.2) is 0 Å². The van der Waals surface area contributed by atoms with Gasteiger partial charge in [0, 0.05) is 19.1 Å². The van der Waals surface area contributed by atoms with Gasteiger partial charge < -0.3 is 15.0 Å².